The SMILES string of the molecule is O=C(NCCN(C(=O)CCS(=O)(=O)c1ccc2cc(Cl)ccc2c1)C1CCN(c2ccncc2)CC1)OCc1ccccc1. The lowest BCUT2D eigenvalue weighted by molar-refractivity contribution is -0.133. The molecular weight excluding hydrogens is 600 g/mol. The first kappa shape index (κ1) is 31.3. The van der Waals surface area contributed by atoms with Gasteiger partial charge in [-0.1, -0.05) is 54.1 Å². The molecule has 0 saturated carbocycles. The summed E-state index contributed by atoms with van der Waals surface area (Å²) in [6.45, 7) is 2.05. The Bertz CT molecular complexity index is 1680. The quantitative estimate of drug-likeness (QED) is 0.233. The van der Waals surface area contributed by atoms with Gasteiger partial charge in [-0.05, 0) is 65.6 Å². The molecule has 0 unspecified atom stereocenters. The fraction of sp³-hybridized carbons (Fsp3) is 0.303. The average Bonchev–Trinajstić information content (AvgIpc) is 3.05. The van der Waals surface area contributed by atoms with E-state index in [4.69, 9.17) is 16.3 Å². The minimum atomic E-state index is -3.72. The molecule has 4 aromatic rings. The van der Waals surface area contributed by atoms with Crippen LogP contribution in [0.3, 0.4) is 0 Å². The number of fused-ring (bicyclic) bond motifs is 1. The molecule has 0 aliphatic carbocycles. The van der Waals surface area contributed by atoms with Crippen molar-refractivity contribution in [2.24, 2.45) is 0 Å². The third-order valence-corrected chi connectivity index (χ3v) is 9.75. The van der Waals surface area contributed by atoms with Gasteiger partial charge in [-0.3, -0.25) is 9.78 Å². The lowest BCUT2D eigenvalue weighted by Gasteiger charge is -2.39. The molecule has 1 aromatic heterocycles. The number of nitrogens with zero attached hydrogens (tertiary/aromatic N) is 3. The van der Waals surface area contributed by atoms with Crippen molar-refractivity contribution in [2.45, 2.75) is 36.8 Å². The molecule has 0 spiro atoms. The van der Waals surface area contributed by atoms with Crippen LogP contribution in [0.4, 0.5) is 10.5 Å². The third kappa shape index (κ3) is 8.27. The minimum absolute atomic E-state index is 0.0872. The molecule has 1 N–H and O–H groups in total. The van der Waals surface area contributed by atoms with E-state index in [9.17, 15) is 18.0 Å². The van der Waals surface area contributed by atoms with Gasteiger partial charge < -0.3 is 19.9 Å². The number of sulfone groups is 1. The van der Waals surface area contributed by atoms with Crippen molar-refractivity contribution in [3.05, 3.63) is 102 Å². The number of benzene rings is 3. The van der Waals surface area contributed by atoms with Gasteiger partial charge in [-0.2, -0.15) is 0 Å². The topological polar surface area (TPSA) is 109 Å². The Morgan fingerprint density at radius 3 is 2.41 bits per heavy atom. The summed E-state index contributed by atoms with van der Waals surface area (Å²) in [5, 5.41) is 4.90. The van der Waals surface area contributed by atoms with Gasteiger partial charge in [0.15, 0.2) is 9.84 Å². The highest BCUT2D eigenvalue weighted by atomic mass is 35.5. The van der Waals surface area contributed by atoms with E-state index in [1.165, 1.54) is 0 Å². The number of hydrogen-bond donors (Lipinski definition) is 1. The van der Waals surface area contributed by atoms with Crippen LogP contribution in [0.1, 0.15) is 24.8 Å². The van der Waals surface area contributed by atoms with Gasteiger partial charge in [0.1, 0.15) is 6.61 Å². The van der Waals surface area contributed by atoms with Crippen LogP contribution in [-0.2, 0) is 26.0 Å². The van der Waals surface area contributed by atoms with E-state index >= 15 is 0 Å². The number of anilines is 1. The van der Waals surface area contributed by atoms with Gasteiger partial charge in [-0.25, -0.2) is 13.2 Å². The number of amides is 2. The number of pyridine rings is 1. The van der Waals surface area contributed by atoms with Crippen molar-refractivity contribution in [2.75, 3.05) is 36.8 Å². The van der Waals surface area contributed by atoms with Crippen molar-refractivity contribution in [1.29, 1.82) is 0 Å². The van der Waals surface area contributed by atoms with Gasteiger partial charge >= 0.3 is 6.09 Å². The van der Waals surface area contributed by atoms with E-state index in [1.54, 1.807) is 53.7 Å². The first-order valence-electron chi connectivity index (χ1n) is 14.6. The molecule has 0 radical (unpaired) electrons. The molecule has 3 aromatic carbocycles. The molecule has 2 amide bonds. The second-order valence-corrected chi connectivity index (χ2v) is 13.3. The minimum Gasteiger partial charge on any atom is -0.445 e. The van der Waals surface area contributed by atoms with Crippen molar-refractivity contribution < 1.29 is 22.7 Å². The van der Waals surface area contributed by atoms with Crippen molar-refractivity contribution in [1.82, 2.24) is 15.2 Å². The second-order valence-electron chi connectivity index (χ2n) is 10.7. The van der Waals surface area contributed by atoms with Crippen LogP contribution >= 0.6 is 11.6 Å². The summed E-state index contributed by atoms with van der Waals surface area (Å²) in [6.07, 6.45) is 4.20. The Labute approximate surface area is 262 Å². The van der Waals surface area contributed by atoms with Crippen LogP contribution in [0.15, 0.2) is 96.2 Å². The van der Waals surface area contributed by atoms with Crippen LogP contribution in [0, 0.1) is 0 Å². The molecule has 1 saturated heterocycles. The number of nitrogens with one attached hydrogen (secondary N) is 1. The number of aromatic nitrogens is 1. The van der Waals surface area contributed by atoms with Crippen molar-refractivity contribution in [3.8, 4) is 0 Å². The van der Waals surface area contributed by atoms with E-state index < -0.39 is 15.9 Å². The molecule has 44 heavy (non-hydrogen) atoms. The average molecular weight is 635 g/mol. The number of carbonyl (C=O) groups excluding carboxylic acids is 2. The maximum absolute atomic E-state index is 13.6. The van der Waals surface area contributed by atoms with Gasteiger partial charge in [0.2, 0.25) is 5.91 Å². The van der Waals surface area contributed by atoms with Gasteiger partial charge in [-0.15, -0.1) is 0 Å². The number of alkyl carbamates (subject to hydrolysis) is 1. The predicted octanol–water partition coefficient (Wildman–Crippen LogP) is 5.48. The molecule has 5 rings (SSSR count). The summed E-state index contributed by atoms with van der Waals surface area (Å²) in [6, 6.07) is 23.4. The number of ether oxygens (including phenoxy) is 1. The maximum atomic E-state index is 13.6. The molecule has 0 bridgehead atoms. The van der Waals surface area contributed by atoms with E-state index in [-0.39, 0.29) is 48.7 Å². The molecule has 2 heterocycles. The zero-order valence-electron chi connectivity index (χ0n) is 24.3. The van der Waals surface area contributed by atoms with Crippen LogP contribution in [-0.4, -0.2) is 68.3 Å². The van der Waals surface area contributed by atoms with E-state index in [2.05, 4.69) is 15.2 Å². The highest BCUT2D eigenvalue weighted by Crippen LogP contribution is 2.25. The fourth-order valence-corrected chi connectivity index (χ4v) is 6.87. The summed E-state index contributed by atoms with van der Waals surface area (Å²) in [5.74, 6) is -0.577. The van der Waals surface area contributed by atoms with Crippen molar-refractivity contribution in [3.63, 3.8) is 0 Å². The second kappa shape index (κ2) is 14.5. The van der Waals surface area contributed by atoms with Gasteiger partial charge in [0.05, 0.1) is 10.6 Å². The Balaban J connectivity index is 1.21. The molecule has 11 heteroatoms. The monoisotopic (exact) mass is 634 g/mol. The van der Waals surface area contributed by atoms with E-state index in [1.807, 2.05) is 42.5 Å². The summed E-state index contributed by atoms with van der Waals surface area (Å²) in [5.41, 5.74) is 1.94. The zero-order valence-corrected chi connectivity index (χ0v) is 25.8. The Morgan fingerprint density at radius 2 is 1.66 bits per heavy atom. The van der Waals surface area contributed by atoms with Crippen molar-refractivity contribution >= 4 is 49.9 Å². The zero-order chi connectivity index (χ0) is 30.9. The predicted molar refractivity (Wildman–Crippen MR) is 171 cm³/mol. The fourth-order valence-electron chi connectivity index (χ4n) is 5.43. The molecular formula is C33H35ClN4O5S. The van der Waals surface area contributed by atoms with Crippen LogP contribution in [0.25, 0.3) is 10.8 Å². The lowest BCUT2D eigenvalue weighted by atomic mass is 10.0. The van der Waals surface area contributed by atoms with Crippen LogP contribution in [0.5, 0.6) is 0 Å². The Hall–Kier alpha value is -4.15. The van der Waals surface area contributed by atoms with Crippen LogP contribution in [0.2, 0.25) is 5.02 Å². The molecule has 1 aliphatic rings. The van der Waals surface area contributed by atoms with E-state index in [0.29, 0.717) is 17.9 Å². The summed E-state index contributed by atoms with van der Waals surface area (Å²) < 4.78 is 31.8. The summed E-state index contributed by atoms with van der Waals surface area (Å²) in [7, 11) is -3.72. The number of hydrogen-bond acceptors (Lipinski definition) is 7. The molecule has 0 atom stereocenters. The molecule has 1 aliphatic heterocycles. The summed E-state index contributed by atoms with van der Waals surface area (Å²) >= 11 is 6.06. The summed E-state index contributed by atoms with van der Waals surface area (Å²) in [4.78, 5) is 34.1. The number of rotatable bonds is 11. The number of carbonyl (C=O) groups is 2. The van der Waals surface area contributed by atoms with E-state index in [0.717, 1.165) is 35.1 Å². The molecule has 1 fully saturated rings. The molecule has 230 valence electrons. The lowest BCUT2D eigenvalue weighted by Crippen LogP contribution is -2.50. The first-order chi connectivity index (χ1) is 21.3. The smallest absolute Gasteiger partial charge is 0.407 e. The molecule has 9 nitrogen and oxygen atoms in total. The first-order valence-corrected chi connectivity index (χ1v) is 16.6. The number of halogens is 1. The Morgan fingerprint density at radius 1 is 0.955 bits per heavy atom. The highest BCUT2D eigenvalue weighted by molar-refractivity contribution is 7.91. The standard InChI is InChI=1S/C33H35ClN4O5S/c34-28-8-6-27-23-31(9-7-26(27)22-28)44(41,42)21-14-32(39)38(20-17-36-33(40)43-24-25-4-2-1-3-5-25)30-12-18-37(19-13-30)29-10-15-35-16-11-29/h1-11,15-16,22-23,30H,12-14,17-21,24H2,(H,36,40). The normalized spacial score (nSPS) is 13.9. The van der Waals surface area contributed by atoms with Gasteiger partial charge in [0.25, 0.3) is 0 Å². The Kier molecular flexibility index (Phi) is 10.3. The van der Waals surface area contributed by atoms with Crippen LogP contribution < -0.4 is 10.2 Å². The third-order valence-electron chi connectivity index (χ3n) is 7.81. The highest BCUT2D eigenvalue weighted by Gasteiger charge is 2.29. The number of piperidine rings is 1. The maximum Gasteiger partial charge on any atom is 0.407 e. The van der Waals surface area contributed by atoms with Gasteiger partial charge in [0, 0.05) is 61.7 Å². The largest absolute Gasteiger partial charge is 0.445 e.